The molecular weight excluding hydrogens is 400 g/mol. The van der Waals surface area contributed by atoms with Crippen LogP contribution < -0.4 is 15.4 Å². The van der Waals surface area contributed by atoms with Gasteiger partial charge in [0.05, 0.1) is 12.3 Å². The van der Waals surface area contributed by atoms with Gasteiger partial charge in [-0.2, -0.15) is 0 Å². The SMILES string of the molecule is CCCCCNC(C(=O)Nc1ccccc1OCC)c1ccccc1.O=C(O)C(=O)O. The molecule has 0 saturated carbocycles. The number of rotatable bonds is 10. The number of ether oxygens (including phenoxy) is 1. The Balaban J connectivity index is 0.000000703. The number of carboxylic acids is 2. The zero-order valence-electron chi connectivity index (χ0n) is 17.8. The molecule has 0 aliphatic carbocycles. The summed E-state index contributed by atoms with van der Waals surface area (Å²) in [6.45, 7) is 5.48. The van der Waals surface area contributed by atoms with Gasteiger partial charge in [0.15, 0.2) is 0 Å². The van der Waals surface area contributed by atoms with E-state index in [0.717, 1.165) is 31.4 Å². The van der Waals surface area contributed by atoms with Crippen LogP contribution in [0.4, 0.5) is 5.69 Å². The summed E-state index contributed by atoms with van der Waals surface area (Å²) in [5, 5.41) is 21.2. The largest absolute Gasteiger partial charge is 0.492 e. The van der Waals surface area contributed by atoms with E-state index in [4.69, 9.17) is 24.5 Å². The molecule has 0 aromatic heterocycles. The van der Waals surface area contributed by atoms with E-state index in [2.05, 4.69) is 17.6 Å². The van der Waals surface area contributed by atoms with Crippen molar-refractivity contribution < 1.29 is 29.3 Å². The van der Waals surface area contributed by atoms with Gasteiger partial charge in [-0.15, -0.1) is 0 Å². The van der Waals surface area contributed by atoms with Gasteiger partial charge in [-0.1, -0.05) is 62.2 Å². The highest BCUT2D eigenvalue weighted by Gasteiger charge is 2.20. The summed E-state index contributed by atoms with van der Waals surface area (Å²) in [7, 11) is 0. The van der Waals surface area contributed by atoms with Crippen LogP contribution in [-0.4, -0.2) is 41.2 Å². The van der Waals surface area contributed by atoms with Gasteiger partial charge in [0.25, 0.3) is 0 Å². The maximum atomic E-state index is 12.9. The lowest BCUT2D eigenvalue weighted by atomic mass is 10.1. The predicted molar refractivity (Wildman–Crippen MR) is 118 cm³/mol. The molecule has 0 heterocycles. The minimum Gasteiger partial charge on any atom is -0.492 e. The molecule has 0 aliphatic heterocycles. The van der Waals surface area contributed by atoms with Gasteiger partial charge in [-0.25, -0.2) is 9.59 Å². The highest BCUT2D eigenvalue weighted by atomic mass is 16.5. The Hall–Kier alpha value is -3.39. The summed E-state index contributed by atoms with van der Waals surface area (Å²) >= 11 is 0. The average Bonchev–Trinajstić information content (AvgIpc) is 2.76. The number of hydrogen-bond donors (Lipinski definition) is 4. The van der Waals surface area contributed by atoms with Crippen molar-refractivity contribution in [2.45, 2.75) is 39.2 Å². The van der Waals surface area contributed by atoms with Crippen molar-refractivity contribution in [3.05, 3.63) is 60.2 Å². The second-order valence-electron chi connectivity index (χ2n) is 6.53. The van der Waals surface area contributed by atoms with Crippen molar-refractivity contribution in [2.24, 2.45) is 0 Å². The number of carbonyl (C=O) groups excluding carboxylic acids is 1. The summed E-state index contributed by atoms with van der Waals surface area (Å²) in [4.78, 5) is 31.1. The third-order valence-electron chi connectivity index (χ3n) is 4.15. The van der Waals surface area contributed by atoms with E-state index in [1.165, 1.54) is 0 Å². The number of para-hydroxylation sites is 2. The average molecular weight is 431 g/mol. The third kappa shape index (κ3) is 9.77. The molecule has 0 fully saturated rings. The molecule has 168 valence electrons. The van der Waals surface area contributed by atoms with E-state index in [0.29, 0.717) is 18.0 Å². The van der Waals surface area contributed by atoms with Crippen molar-refractivity contribution in [2.75, 3.05) is 18.5 Å². The van der Waals surface area contributed by atoms with Crippen molar-refractivity contribution >= 4 is 23.5 Å². The molecule has 1 unspecified atom stereocenters. The van der Waals surface area contributed by atoms with Crippen LogP contribution in [0.5, 0.6) is 5.75 Å². The molecule has 2 aromatic rings. The molecule has 0 bridgehead atoms. The Bertz CT molecular complexity index is 814. The first-order valence-electron chi connectivity index (χ1n) is 10.2. The van der Waals surface area contributed by atoms with Gasteiger partial charge in [-0.3, -0.25) is 4.79 Å². The normalized spacial score (nSPS) is 10.9. The van der Waals surface area contributed by atoms with Crippen LogP contribution in [-0.2, 0) is 14.4 Å². The first-order valence-corrected chi connectivity index (χ1v) is 10.2. The molecule has 4 N–H and O–H groups in total. The van der Waals surface area contributed by atoms with Crippen LogP contribution in [0, 0.1) is 0 Å². The number of unbranched alkanes of at least 4 members (excludes halogenated alkanes) is 2. The molecule has 8 nitrogen and oxygen atoms in total. The van der Waals surface area contributed by atoms with Crippen molar-refractivity contribution in [1.82, 2.24) is 5.32 Å². The van der Waals surface area contributed by atoms with Gasteiger partial charge in [0.2, 0.25) is 5.91 Å². The Morgan fingerprint density at radius 2 is 1.52 bits per heavy atom. The van der Waals surface area contributed by atoms with E-state index in [9.17, 15) is 4.79 Å². The number of carboxylic acid groups (broad SMARTS) is 2. The fraction of sp³-hybridized carbons (Fsp3) is 0.348. The van der Waals surface area contributed by atoms with Crippen molar-refractivity contribution in [3.8, 4) is 5.75 Å². The predicted octanol–water partition coefficient (Wildman–Crippen LogP) is 3.70. The first kappa shape index (κ1) is 25.6. The zero-order valence-corrected chi connectivity index (χ0v) is 17.8. The fourth-order valence-corrected chi connectivity index (χ4v) is 2.68. The summed E-state index contributed by atoms with van der Waals surface area (Å²) in [6, 6.07) is 17.0. The summed E-state index contributed by atoms with van der Waals surface area (Å²) < 4.78 is 5.60. The standard InChI is InChI=1S/C21H28N2O2.C2H2O4/c1-3-5-11-16-22-20(17-12-7-6-8-13-17)21(24)23-18-14-9-10-15-19(18)25-4-2;3-1(4)2(5)6/h6-10,12-15,20,22H,3-5,11,16H2,1-2H3,(H,23,24);(H,3,4)(H,5,6). The summed E-state index contributed by atoms with van der Waals surface area (Å²) in [5.41, 5.74) is 1.66. The number of amides is 1. The molecule has 1 amide bonds. The Morgan fingerprint density at radius 1 is 0.903 bits per heavy atom. The lowest BCUT2D eigenvalue weighted by molar-refractivity contribution is -0.159. The number of aliphatic carboxylic acids is 2. The third-order valence-corrected chi connectivity index (χ3v) is 4.15. The lowest BCUT2D eigenvalue weighted by Crippen LogP contribution is -2.33. The number of nitrogens with one attached hydrogen (secondary N) is 2. The van der Waals surface area contributed by atoms with Gasteiger partial charge < -0.3 is 25.6 Å². The smallest absolute Gasteiger partial charge is 0.414 e. The van der Waals surface area contributed by atoms with Crippen LogP contribution in [0.15, 0.2) is 54.6 Å². The van der Waals surface area contributed by atoms with Gasteiger partial charge >= 0.3 is 11.9 Å². The van der Waals surface area contributed by atoms with Crippen LogP contribution >= 0.6 is 0 Å². The molecule has 0 radical (unpaired) electrons. The molecule has 0 aliphatic rings. The number of hydrogen-bond acceptors (Lipinski definition) is 5. The Kier molecular flexibility index (Phi) is 12.1. The van der Waals surface area contributed by atoms with Gasteiger partial charge in [0.1, 0.15) is 11.8 Å². The Morgan fingerprint density at radius 3 is 2.10 bits per heavy atom. The highest BCUT2D eigenvalue weighted by molar-refractivity contribution is 6.27. The van der Waals surface area contributed by atoms with Crippen LogP contribution in [0.2, 0.25) is 0 Å². The van der Waals surface area contributed by atoms with Gasteiger partial charge in [-0.05, 0) is 37.6 Å². The maximum Gasteiger partial charge on any atom is 0.414 e. The lowest BCUT2D eigenvalue weighted by Gasteiger charge is -2.20. The van der Waals surface area contributed by atoms with E-state index in [-0.39, 0.29) is 11.9 Å². The molecule has 31 heavy (non-hydrogen) atoms. The van der Waals surface area contributed by atoms with Crippen LogP contribution in [0.25, 0.3) is 0 Å². The van der Waals surface area contributed by atoms with E-state index in [1.54, 1.807) is 0 Å². The van der Waals surface area contributed by atoms with Crippen LogP contribution in [0.1, 0.15) is 44.7 Å². The molecule has 2 aromatic carbocycles. The minimum atomic E-state index is -1.82. The minimum absolute atomic E-state index is 0.0742. The monoisotopic (exact) mass is 430 g/mol. The summed E-state index contributed by atoms with van der Waals surface area (Å²) in [6.07, 6.45) is 3.37. The maximum absolute atomic E-state index is 12.9. The molecule has 2 rings (SSSR count). The van der Waals surface area contributed by atoms with E-state index >= 15 is 0 Å². The number of carbonyl (C=O) groups is 3. The molecule has 0 spiro atoms. The van der Waals surface area contributed by atoms with Gasteiger partial charge in [0, 0.05) is 0 Å². The fourth-order valence-electron chi connectivity index (χ4n) is 2.68. The highest BCUT2D eigenvalue weighted by Crippen LogP contribution is 2.25. The topological polar surface area (TPSA) is 125 Å². The number of benzene rings is 2. The number of anilines is 1. The van der Waals surface area contributed by atoms with E-state index in [1.807, 2.05) is 61.5 Å². The molecule has 0 saturated heterocycles. The summed E-state index contributed by atoms with van der Waals surface area (Å²) in [5.74, 6) is -3.03. The first-order chi connectivity index (χ1) is 14.9. The molecular formula is C23H30N2O6. The van der Waals surface area contributed by atoms with Crippen LogP contribution in [0.3, 0.4) is 0 Å². The quantitative estimate of drug-likeness (QED) is 0.334. The Labute approximate surface area is 182 Å². The molecule has 8 heteroatoms. The van der Waals surface area contributed by atoms with Crippen molar-refractivity contribution in [3.63, 3.8) is 0 Å². The second kappa shape index (κ2) is 14.6. The zero-order chi connectivity index (χ0) is 23.1. The molecule has 1 atom stereocenters. The second-order valence-corrected chi connectivity index (χ2v) is 6.53. The van der Waals surface area contributed by atoms with Crippen molar-refractivity contribution in [1.29, 1.82) is 0 Å². The van der Waals surface area contributed by atoms with E-state index < -0.39 is 11.9 Å².